The van der Waals surface area contributed by atoms with Crippen LogP contribution >= 0.6 is 0 Å². The van der Waals surface area contributed by atoms with Crippen LogP contribution in [0.25, 0.3) is 10.8 Å². The molecule has 1 N–H and O–H groups in total. The van der Waals surface area contributed by atoms with Gasteiger partial charge in [-0.25, -0.2) is 0 Å². The SMILES string of the molecule is COc1cccc(CN(C(=O)COc2cccc3ccccc23)[C@H](C)C(=O)NC(C)C)c1. The van der Waals surface area contributed by atoms with E-state index in [1.165, 1.54) is 4.90 Å². The second-order valence-electron chi connectivity index (χ2n) is 7.98. The molecule has 0 aliphatic heterocycles. The maximum Gasteiger partial charge on any atom is 0.261 e. The second-order valence-corrected chi connectivity index (χ2v) is 7.98. The number of ether oxygens (including phenoxy) is 2. The number of nitrogens with one attached hydrogen (secondary N) is 1. The molecule has 0 saturated heterocycles. The lowest BCUT2D eigenvalue weighted by Gasteiger charge is -2.29. The van der Waals surface area contributed by atoms with Gasteiger partial charge in [-0.3, -0.25) is 9.59 Å². The first-order valence-corrected chi connectivity index (χ1v) is 10.7. The topological polar surface area (TPSA) is 67.9 Å². The summed E-state index contributed by atoms with van der Waals surface area (Å²) in [7, 11) is 1.60. The molecule has 168 valence electrons. The van der Waals surface area contributed by atoms with E-state index >= 15 is 0 Å². The minimum atomic E-state index is -0.660. The van der Waals surface area contributed by atoms with Gasteiger partial charge in [-0.05, 0) is 49.9 Å². The first kappa shape index (κ1) is 23.1. The lowest BCUT2D eigenvalue weighted by Crippen LogP contribution is -2.50. The highest BCUT2D eigenvalue weighted by Crippen LogP contribution is 2.25. The molecule has 0 aromatic heterocycles. The smallest absolute Gasteiger partial charge is 0.261 e. The van der Waals surface area contributed by atoms with E-state index in [-0.39, 0.29) is 31.0 Å². The van der Waals surface area contributed by atoms with E-state index in [2.05, 4.69) is 5.32 Å². The van der Waals surface area contributed by atoms with Crippen LogP contribution in [-0.4, -0.2) is 42.5 Å². The predicted molar refractivity (Wildman–Crippen MR) is 126 cm³/mol. The summed E-state index contributed by atoms with van der Waals surface area (Å²) in [6.45, 7) is 5.61. The van der Waals surface area contributed by atoms with E-state index in [1.807, 2.05) is 80.6 Å². The van der Waals surface area contributed by atoms with Crippen molar-refractivity contribution in [1.82, 2.24) is 10.2 Å². The number of rotatable bonds is 9. The molecular formula is C26H30N2O4. The van der Waals surface area contributed by atoms with Crippen molar-refractivity contribution >= 4 is 22.6 Å². The third-order valence-corrected chi connectivity index (χ3v) is 5.19. The van der Waals surface area contributed by atoms with Crippen LogP contribution in [0.3, 0.4) is 0 Å². The Bertz CT molecular complexity index is 1070. The van der Waals surface area contributed by atoms with Gasteiger partial charge in [0.2, 0.25) is 5.91 Å². The number of carbonyl (C=O) groups excluding carboxylic acids is 2. The van der Waals surface area contributed by atoms with Gasteiger partial charge in [-0.15, -0.1) is 0 Å². The Morgan fingerprint density at radius 3 is 2.44 bits per heavy atom. The van der Waals surface area contributed by atoms with Crippen LogP contribution in [0.15, 0.2) is 66.7 Å². The molecule has 3 aromatic rings. The Labute approximate surface area is 189 Å². The number of nitrogens with zero attached hydrogens (tertiary/aromatic N) is 1. The molecule has 0 fully saturated rings. The van der Waals surface area contributed by atoms with Crippen molar-refractivity contribution in [2.24, 2.45) is 0 Å². The zero-order chi connectivity index (χ0) is 23.1. The van der Waals surface area contributed by atoms with E-state index in [1.54, 1.807) is 14.0 Å². The van der Waals surface area contributed by atoms with Gasteiger partial charge in [0, 0.05) is 18.0 Å². The Balaban J connectivity index is 1.80. The van der Waals surface area contributed by atoms with Gasteiger partial charge in [-0.1, -0.05) is 48.5 Å². The molecule has 2 amide bonds. The van der Waals surface area contributed by atoms with Crippen LogP contribution in [0.2, 0.25) is 0 Å². The largest absolute Gasteiger partial charge is 0.497 e. The highest BCUT2D eigenvalue weighted by Gasteiger charge is 2.27. The van der Waals surface area contributed by atoms with Gasteiger partial charge in [0.05, 0.1) is 7.11 Å². The van der Waals surface area contributed by atoms with Crippen molar-refractivity contribution in [2.75, 3.05) is 13.7 Å². The highest BCUT2D eigenvalue weighted by atomic mass is 16.5. The molecule has 0 saturated carbocycles. The number of benzene rings is 3. The van der Waals surface area contributed by atoms with Crippen molar-refractivity contribution in [3.05, 3.63) is 72.3 Å². The molecule has 0 unspecified atom stereocenters. The van der Waals surface area contributed by atoms with Crippen LogP contribution in [-0.2, 0) is 16.1 Å². The molecule has 0 aliphatic carbocycles. The maximum atomic E-state index is 13.2. The number of methoxy groups -OCH3 is 1. The van der Waals surface area contributed by atoms with Crippen LogP contribution in [0.4, 0.5) is 0 Å². The normalized spacial score (nSPS) is 11.8. The fourth-order valence-corrected chi connectivity index (χ4v) is 3.50. The number of carbonyl (C=O) groups is 2. The Morgan fingerprint density at radius 1 is 0.969 bits per heavy atom. The molecule has 0 heterocycles. The highest BCUT2D eigenvalue weighted by molar-refractivity contribution is 5.90. The summed E-state index contributed by atoms with van der Waals surface area (Å²) in [5.74, 6) is 0.854. The van der Waals surface area contributed by atoms with Gasteiger partial charge < -0.3 is 19.7 Å². The van der Waals surface area contributed by atoms with Crippen LogP contribution in [0, 0.1) is 0 Å². The zero-order valence-electron chi connectivity index (χ0n) is 19.0. The van der Waals surface area contributed by atoms with E-state index in [9.17, 15) is 9.59 Å². The molecule has 0 aliphatic rings. The maximum absolute atomic E-state index is 13.2. The molecule has 1 atom stereocenters. The van der Waals surface area contributed by atoms with Crippen LogP contribution < -0.4 is 14.8 Å². The summed E-state index contributed by atoms with van der Waals surface area (Å²) in [5, 5.41) is 4.86. The molecular weight excluding hydrogens is 404 g/mol. The Morgan fingerprint density at radius 2 is 1.69 bits per heavy atom. The summed E-state index contributed by atoms with van der Waals surface area (Å²) in [6.07, 6.45) is 0. The van der Waals surface area contributed by atoms with Gasteiger partial charge in [0.15, 0.2) is 6.61 Å². The summed E-state index contributed by atoms with van der Waals surface area (Å²) in [6, 6.07) is 20.4. The van der Waals surface area contributed by atoms with Crippen molar-refractivity contribution < 1.29 is 19.1 Å². The minimum absolute atomic E-state index is 0.0225. The van der Waals surface area contributed by atoms with E-state index in [0.717, 1.165) is 16.3 Å². The monoisotopic (exact) mass is 434 g/mol. The molecule has 32 heavy (non-hydrogen) atoms. The lowest BCUT2D eigenvalue weighted by atomic mass is 10.1. The summed E-state index contributed by atoms with van der Waals surface area (Å²) >= 11 is 0. The third-order valence-electron chi connectivity index (χ3n) is 5.19. The number of hydrogen-bond acceptors (Lipinski definition) is 4. The van der Waals surface area contributed by atoms with Gasteiger partial charge in [0.1, 0.15) is 17.5 Å². The average Bonchev–Trinajstić information content (AvgIpc) is 2.80. The summed E-state index contributed by atoms with van der Waals surface area (Å²) in [4.78, 5) is 27.5. The van der Waals surface area contributed by atoms with Crippen LogP contribution in [0.5, 0.6) is 11.5 Å². The number of amides is 2. The number of fused-ring (bicyclic) bond motifs is 1. The van der Waals surface area contributed by atoms with E-state index < -0.39 is 6.04 Å². The van der Waals surface area contributed by atoms with Crippen molar-refractivity contribution in [2.45, 2.75) is 39.4 Å². The molecule has 0 bridgehead atoms. The van der Waals surface area contributed by atoms with Crippen LogP contribution in [0.1, 0.15) is 26.3 Å². The summed E-state index contributed by atoms with van der Waals surface area (Å²) < 4.78 is 11.2. The first-order chi connectivity index (χ1) is 15.4. The second kappa shape index (κ2) is 10.7. The third kappa shape index (κ3) is 5.78. The molecule has 6 heteroatoms. The van der Waals surface area contributed by atoms with Gasteiger partial charge >= 0.3 is 0 Å². The lowest BCUT2D eigenvalue weighted by molar-refractivity contribution is -0.142. The van der Waals surface area contributed by atoms with E-state index in [0.29, 0.717) is 11.5 Å². The minimum Gasteiger partial charge on any atom is -0.497 e. The van der Waals surface area contributed by atoms with Gasteiger partial charge in [0.25, 0.3) is 5.91 Å². The number of hydrogen-bond donors (Lipinski definition) is 1. The first-order valence-electron chi connectivity index (χ1n) is 10.7. The molecule has 6 nitrogen and oxygen atoms in total. The van der Waals surface area contributed by atoms with Crippen molar-refractivity contribution in [1.29, 1.82) is 0 Å². The zero-order valence-corrected chi connectivity index (χ0v) is 19.0. The fraction of sp³-hybridized carbons (Fsp3) is 0.308. The molecule has 0 spiro atoms. The summed E-state index contributed by atoms with van der Waals surface area (Å²) in [5.41, 5.74) is 0.868. The Hall–Kier alpha value is -3.54. The Kier molecular flexibility index (Phi) is 7.71. The molecule has 3 rings (SSSR count). The average molecular weight is 435 g/mol. The van der Waals surface area contributed by atoms with Crippen molar-refractivity contribution in [3.63, 3.8) is 0 Å². The van der Waals surface area contributed by atoms with Gasteiger partial charge in [-0.2, -0.15) is 0 Å². The molecule has 0 radical (unpaired) electrons. The van der Waals surface area contributed by atoms with Crippen molar-refractivity contribution in [3.8, 4) is 11.5 Å². The fourth-order valence-electron chi connectivity index (χ4n) is 3.50. The predicted octanol–water partition coefficient (Wildman–Crippen LogP) is 4.17. The molecule has 3 aromatic carbocycles. The standard InChI is InChI=1S/C26H30N2O4/c1-18(2)27-26(30)19(3)28(16-20-9-7-12-22(15-20)31-4)25(29)17-32-24-14-8-11-21-10-5-6-13-23(21)24/h5-15,18-19H,16-17H2,1-4H3,(H,27,30)/t19-/m1/s1. The van der Waals surface area contributed by atoms with E-state index in [4.69, 9.17) is 9.47 Å². The quantitative estimate of drug-likeness (QED) is 0.549.